The molecule has 2 heterocycles. The SMILES string of the molecule is CC(C)C1N(C)[P@]2(=NC(c3ccccc3)(c3ccccc3)[C@H](C(C)C)N2C)NC1(c1ccccc1)c1ccccc1. The van der Waals surface area contributed by atoms with E-state index in [2.05, 4.69) is 178 Å². The first kappa shape index (κ1) is 28.1. The summed E-state index contributed by atoms with van der Waals surface area (Å²) in [5, 5.41) is 4.42. The molecule has 1 N–H and O–H groups in total. The van der Waals surface area contributed by atoms with E-state index in [1.165, 1.54) is 22.3 Å². The van der Waals surface area contributed by atoms with E-state index in [0.29, 0.717) is 11.8 Å². The Morgan fingerprint density at radius 2 is 0.902 bits per heavy atom. The minimum atomic E-state index is -2.46. The predicted octanol–water partition coefficient (Wildman–Crippen LogP) is 8.35. The van der Waals surface area contributed by atoms with Crippen LogP contribution in [0, 0.1) is 11.8 Å². The van der Waals surface area contributed by atoms with Gasteiger partial charge in [0, 0.05) is 6.04 Å². The molecule has 0 aliphatic carbocycles. The van der Waals surface area contributed by atoms with Gasteiger partial charge >= 0.3 is 0 Å². The lowest BCUT2D eigenvalue weighted by Gasteiger charge is -2.40. The molecule has 0 bridgehead atoms. The highest BCUT2D eigenvalue weighted by Crippen LogP contribution is 2.72. The number of nitrogens with zero attached hydrogens (tertiary/aromatic N) is 3. The highest BCUT2D eigenvalue weighted by molar-refractivity contribution is 7.60. The van der Waals surface area contributed by atoms with Gasteiger partial charge in [0.05, 0.1) is 11.6 Å². The summed E-state index contributed by atoms with van der Waals surface area (Å²) in [5.41, 5.74) is 4.13. The van der Waals surface area contributed by atoms with Crippen molar-refractivity contribution in [2.24, 2.45) is 16.6 Å². The number of benzene rings is 4. The second-order valence-electron chi connectivity index (χ2n) is 12.3. The number of hydrogen-bond donors (Lipinski definition) is 1. The monoisotopic (exact) mass is 562 g/mol. The summed E-state index contributed by atoms with van der Waals surface area (Å²) >= 11 is 0. The van der Waals surface area contributed by atoms with Crippen LogP contribution in [0.25, 0.3) is 0 Å². The molecule has 3 atom stereocenters. The van der Waals surface area contributed by atoms with E-state index in [-0.39, 0.29) is 12.1 Å². The van der Waals surface area contributed by atoms with Crippen LogP contribution in [0.5, 0.6) is 0 Å². The van der Waals surface area contributed by atoms with Gasteiger partial charge in [-0.3, -0.25) is 0 Å². The van der Waals surface area contributed by atoms with Gasteiger partial charge in [-0.2, -0.15) is 0 Å². The van der Waals surface area contributed by atoms with Gasteiger partial charge in [-0.05, 0) is 48.2 Å². The second kappa shape index (κ2) is 10.7. The van der Waals surface area contributed by atoms with Crippen LogP contribution in [0.15, 0.2) is 126 Å². The maximum atomic E-state index is 6.19. The third-order valence-electron chi connectivity index (χ3n) is 9.33. The lowest BCUT2D eigenvalue weighted by Crippen LogP contribution is -2.50. The van der Waals surface area contributed by atoms with Crippen molar-refractivity contribution in [3.8, 4) is 0 Å². The fourth-order valence-corrected chi connectivity index (χ4v) is 12.2. The molecule has 0 saturated carbocycles. The average Bonchev–Trinajstić information content (AvgIpc) is 3.44. The molecule has 1 fully saturated rings. The van der Waals surface area contributed by atoms with E-state index in [1.54, 1.807) is 0 Å². The molecule has 1 unspecified atom stereocenters. The van der Waals surface area contributed by atoms with Crippen LogP contribution >= 0.6 is 7.51 Å². The molecule has 1 spiro atoms. The van der Waals surface area contributed by atoms with Crippen molar-refractivity contribution >= 4 is 7.51 Å². The summed E-state index contributed by atoms with van der Waals surface area (Å²) < 4.78 is 11.5. The van der Waals surface area contributed by atoms with Crippen molar-refractivity contribution in [3.63, 3.8) is 0 Å². The third-order valence-corrected chi connectivity index (χ3v) is 12.8. The lowest BCUT2D eigenvalue weighted by atomic mass is 9.74. The number of likely N-dealkylation sites (N-methyl/N-ethyl adjacent to an activating group) is 2. The van der Waals surface area contributed by atoms with Crippen LogP contribution in [0.4, 0.5) is 0 Å². The maximum Gasteiger partial charge on any atom is 0.167 e. The number of hydrogen-bond acceptors (Lipinski definition) is 4. The molecular formula is C36H43N4P. The van der Waals surface area contributed by atoms with E-state index < -0.39 is 18.6 Å². The number of rotatable bonds is 6. The summed E-state index contributed by atoms with van der Waals surface area (Å²) in [5.74, 6) is 0.733. The van der Waals surface area contributed by atoms with E-state index in [0.717, 1.165) is 0 Å². The Kier molecular flexibility index (Phi) is 7.32. The Bertz CT molecular complexity index is 1440. The average molecular weight is 563 g/mol. The largest absolute Gasteiger partial charge is 0.244 e. The van der Waals surface area contributed by atoms with Gasteiger partial charge in [0.1, 0.15) is 5.54 Å². The zero-order valence-electron chi connectivity index (χ0n) is 25.1. The van der Waals surface area contributed by atoms with Crippen molar-refractivity contribution in [1.82, 2.24) is 14.4 Å². The molecule has 1 saturated heterocycles. The predicted molar refractivity (Wildman–Crippen MR) is 173 cm³/mol. The molecule has 4 nitrogen and oxygen atoms in total. The van der Waals surface area contributed by atoms with E-state index >= 15 is 0 Å². The first-order chi connectivity index (χ1) is 19.8. The van der Waals surface area contributed by atoms with Gasteiger partial charge in [0.15, 0.2) is 7.51 Å². The molecule has 4 aromatic carbocycles. The molecule has 41 heavy (non-hydrogen) atoms. The fourth-order valence-electron chi connectivity index (χ4n) is 7.92. The van der Waals surface area contributed by atoms with Gasteiger partial charge < -0.3 is 0 Å². The molecule has 2 aliphatic heterocycles. The van der Waals surface area contributed by atoms with Gasteiger partial charge in [0.25, 0.3) is 0 Å². The smallest absolute Gasteiger partial charge is 0.167 e. The normalized spacial score (nSPS) is 25.7. The van der Waals surface area contributed by atoms with Crippen LogP contribution < -0.4 is 5.09 Å². The van der Waals surface area contributed by atoms with Crippen LogP contribution in [-0.4, -0.2) is 35.5 Å². The fraction of sp³-hybridized carbons (Fsp3) is 0.333. The van der Waals surface area contributed by atoms with Crippen LogP contribution in [0.2, 0.25) is 0 Å². The summed E-state index contributed by atoms with van der Waals surface area (Å²) in [4.78, 5) is 0. The van der Waals surface area contributed by atoms with Crippen molar-refractivity contribution in [3.05, 3.63) is 144 Å². The zero-order chi connectivity index (χ0) is 28.8. The molecule has 4 aromatic rings. The summed E-state index contributed by atoms with van der Waals surface area (Å²) in [6, 6.07) is 44.4. The molecule has 5 heteroatoms. The van der Waals surface area contributed by atoms with Crippen LogP contribution in [0.3, 0.4) is 0 Å². The van der Waals surface area contributed by atoms with Gasteiger partial charge in [0.2, 0.25) is 0 Å². The maximum absolute atomic E-state index is 6.19. The minimum Gasteiger partial charge on any atom is -0.244 e. The summed E-state index contributed by atoms with van der Waals surface area (Å²) in [6.45, 7) is 9.44. The molecule has 6 rings (SSSR count). The Balaban J connectivity index is 1.71. The second-order valence-corrected chi connectivity index (χ2v) is 15.2. The quantitative estimate of drug-likeness (QED) is 0.240. The van der Waals surface area contributed by atoms with Crippen molar-refractivity contribution < 1.29 is 0 Å². The molecule has 212 valence electrons. The molecule has 0 amide bonds. The highest BCUT2D eigenvalue weighted by atomic mass is 31.2. The molecular weight excluding hydrogens is 519 g/mol. The summed E-state index contributed by atoms with van der Waals surface area (Å²) in [7, 11) is 2.18. The van der Waals surface area contributed by atoms with E-state index in [1.807, 2.05) is 0 Å². The molecule has 0 radical (unpaired) electrons. The summed E-state index contributed by atoms with van der Waals surface area (Å²) in [6.07, 6.45) is 0. The van der Waals surface area contributed by atoms with Gasteiger partial charge in [-0.25, -0.2) is 19.2 Å². The van der Waals surface area contributed by atoms with Crippen molar-refractivity contribution in [2.45, 2.75) is 50.9 Å². The molecule has 0 aromatic heterocycles. The Morgan fingerprint density at radius 1 is 0.561 bits per heavy atom. The van der Waals surface area contributed by atoms with Crippen LogP contribution in [-0.2, 0) is 11.1 Å². The number of nitrogens with one attached hydrogen (secondary N) is 1. The Hall–Kier alpha value is -3.01. The first-order valence-corrected chi connectivity index (χ1v) is 16.6. The standard InChI is InChI=1S/C36H43N4P/c1-27(2)33-35(29-19-11-7-12-20-29,30-21-13-8-14-22-30)37-41(39(33)5)38-36(31-23-15-9-16-24-31,32-25-17-10-18-26-32)34(28(3)4)40(41)6/h7-28,33-34,37H,1-6H3/t33?,34-,41+/m0/s1. The molecule has 2 aliphatic rings. The first-order valence-electron chi connectivity index (χ1n) is 14.9. The lowest BCUT2D eigenvalue weighted by molar-refractivity contribution is 0.217. The van der Waals surface area contributed by atoms with Crippen molar-refractivity contribution in [2.75, 3.05) is 14.1 Å². The van der Waals surface area contributed by atoms with E-state index in [4.69, 9.17) is 4.74 Å². The van der Waals surface area contributed by atoms with Gasteiger partial charge in [-0.1, -0.05) is 149 Å². The Morgan fingerprint density at radius 3 is 1.27 bits per heavy atom. The third kappa shape index (κ3) is 4.11. The zero-order valence-corrected chi connectivity index (χ0v) is 26.0. The van der Waals surface area contributed by atoms with Crippen molar-refractivity contribution in [1.29, 1.82) is 0 Å². The topological polar surface area (TPSA) is 30.9 Å². The Labute approximate surface area is 246 Å². The highest BCUT2D eigenvalue weighted by Gasteiger charge is 2.65. The minimum absolute atomic E-state index is 0.158. The van der Waals surface area contributed by atoms with E-state index in [9.17, 15) is 0 Å². The van der Waals surface area contributed by atoms with Gasteiger partial charge in [-0.15, -0.1) is 0 Å². The van der Waals surface area contributed by atoms with Crippen LogP contribution in [0.1, 0.15) is 49.9 Å².